The average molecular weight is 297 g/mol. The second-order valence-corrected chi connectivity index (χ2v) is 7.47. The van der Waals surface area contributed by atoms with Crippen molar-refractivity contribution in [1.82, 2.24) is 9.88 Å². The number of nitrogens with zero attached hydrogens (tertiary/aromatic N) is 2. The number of carbonyl (C=O) groups is 1. The molecule has 0 aliphatic carbocycles. The first-order valence-electron chi connectivity index (χ1n) is 6.18. The average Bonchev–Trinajstić information content (AvgIpc) is 2.32. The van der Waals surface area contributed by atoms with E-state index in [4.69, 9.17) is 4.74 Å². The van der Waals surface area contributed by atoms with Crippen LogP contribution in [-0.2, 0) is 9.84 Å². The number of urea groups is 1. The molecule has 2 aliphatic heterocycles. The van der Waals surface area contributed by atoms with Crippen molar-refractivity contribution in [3.63, 3.8) is 0 Å². The summed E-state index contributed by atoms with van der Waals surface area (Å²) < 4.78 is 27.4. The summed E-state index contributed by atoms with van der Waals surface area (Å²) in [5.41, 5.74) is 0.413. The maximum absolute atomic E-state index is 12.0. The Labute approximate surface area is 116 Å². The maximum Gasteiger partial charge on any atom is 0.321 e. The van der Waals surface area contributed by atoms with Gasteiger partial charge in [0.05, 0.1) is 18.6 Å². The summed E-state index contributed by atoms with van der Waals surface area (Å²) in [6, 6.07) is 3.07. The second-order valence-electron chi connectivity index (χ2n) is 5.41. The predicted octanol–water partition coefficient (Wildman–Crippen LogP) is 0.352. The van der Waals surface area contributed by atoms with Crippen molar-refractivity contribution in [3.8, 4) is 5.88 Å². The molecule has 1 spiro atoms. The van der Waals surface area contributed by atoms with Gasteiger partial charge in [0.25, 0.3) is 0 Å². The van der Waals surface area contributed by atoms with Crippen molar-refractivity contribution < 1.29 is 17.9 Å². The number of aromatic nitrogens is 1. The van der Waals surface area contributed by atoms with Gasteiger partial charge in [0, 0.05) is 36.5 Å². The Bertz CT molecular complexity index is 638. The number of hydrogen-bond donors (Lipinski definition) is 1. The molecule has 2 aliphatic rings. The Morgan fingerprint density at radius 1 is 1.45 bits per heavy atom. The molecular formula is C12H15N3O4S. The van der Waals surface area contributed by atoms with Crippen LogP contribution in [0.25, 0.3) is 0 Å². The van der Waals surface area contributed by atoms with Gasteiger partial charge in [0.15, 0.2) is 9.84 Å². The van der Waals surface area contributed by atoms with Crippen LogP contribution in [0, 0.1) is 5.41 Å². The molecule has 2 amide bonds. The van der Waals surface area contributed by atoms with E-state index in [1.807, 2.05) is 0 Å². The number of hydrogen-bond acceptors (Lipinski definition) is 5. The summed E-state index contributed by atoms with van der Waals surface area (Å²) in [5.74, 6) is 0.827. The first-order chi connectivity index (χ1) is 9.41. The summed E-state index contributed by atoms with van der Waals surface area (Å²) in [6.07, 6.45) is 1.55. The lowest BCUT2D eigenvalue weighted by Gasteiger charge is -2.54. The number of likely N-dealkylation sites (tertiary alicyclic amines) is 1. The highest BCUT2D eigenvalue weighted by atomic mass is 32.2. The van der Waals surface area contributed by atoms with Crippen molar-refractivity contribution in [2.75, 3.05) is 37.0 Å². The fourth-order valence-corrected chi connectivity index (χ4v) is 4.93. The van der Waals surface area contributed by atoms with Gasteiger partial charge in [0.1, 0.15) is 0 Å². The van der Waals surface area contributed by atoms with E-state index in [9.17, 15) is 13.2 Å². The first kappa shape index (κ1) is 13.2. The summed E-state index contributed by atoms with van der Waals surface area (Å²) in [6.45, 7) is 1.00. The molecule has 0 unspecified atom stereocenters. The molecule has 0 atom stereocenters. The molecule has 1 aromatic rings. The number of rotatable bonds is 2. The van der Waals surface area contributed by atoms with Gasteiger partial charge in [-0.1, -0.05) is 0 Å². The van der Waals surface area contributed by atoms with Crippen LogP contribution in [0.1, 0.15) is 0 Å². The van der Waals surface area contributed by atoms with Crippen LogP contribution in [-0.4, -0.2) is 56.0 Å². The highest BCUT2D eigenvalue weighted by Gasteiger charge is 2.57. The van der Waals surface area contributed by atoms with Crippen LogP contribution < -0.4 is 10.1 Å². The van der Waals surface area contributed by atoms with Crippen molar-refractivity contribution in [2.45, 2.75) is 0 Å². The summed E-state index contributed by atoms with van der Waals surface area (Å²) in [7, 11) is -1.35. The minimum Gasteiger partial charge on any atom is -0.481 e. The molecule has 1 aromatic heterocycles. The summed E-state index contributed by atoms with van der Waals surface area (Å²) in [5, 5.41) is 2.74. The summed E-state index contributed by atoms with van der Waals surface area (Å²) in [4.78, 5) is 17.6. The molecule has 20 heavy (non-hydrogen) atoms. The molecule has 0 radical (unpaired) electrons. The van der Waals surface area contributed by atoms with Crippen LogP contribution in [0.3, 0.4) is 0 Å². The SMILES string of the molecule is COc1cc(NC(=O)N2CC3(C2)CS(=O)(=O)C3)ccn1. The van der Waals surface area contributed by atoms with E-state index in [0.717, 1.165) is 0 Å². The van der Waals surface area contributed by atoms with E-state index in [1.54, 1.807) is 23.2 Å². The third-order valence-corrected chi connectivity index (χ3v) is 5.69. The van der Waals surface area contributed by atoms with Crippen molar-refractivity contribution in [1.29, 1.82) is 0 Å². The van der Waals surface area contributed by atoms with Gasteiger partial charge >= 0.3 is 6.03 Å². The molecule has 3 heterocycles. The molecule has 7 nitrogen and oxygen atoms in total. The van der Waals surface area contributed by atoms with E-state index >= 15 is 0 Å². The van der Waals surface area contributed by atoms with Gasteiger partial charge in [-0.05, 0) is 6.07 Å². The van der Waals surface area contributed by atoms with Crippen LogP contribution in [0.5, 0.6) is 5.88 Å². The van der Waals surface area contributed by atoms with E-state index < -0.39 is 9.84 Å². The van der Waals surface area contributed by atoms with Gasteiger partial charge in [0.2, 0.25) is 5.88 Å². The van der Waals surface area contributed by atoms with Crippen LogP contribution in [0.15, 0.2) is 18.3 Å². The standard InChI is InChI=1S/C12H15N3O4S/c1-19-10-4-9(2-3-13-10)14-11(16)15-5-12(6-15)7-20(17,18)8-12/h2-4H,5-8H2,1H3,(H,13,14,16). The normalized spacial score (nSPS) is 21.8. The number of carbonyl (C=O) groups excluding carboxylic acids is 1. The van der Waals surface area contributed by atoms with E-state index in [1.165, 1.54) is 7.11 Å². The maximum atomic E-state index is 12.0. The number of pyridine rings is 1. The number of ether oxygens (including phenoxy) is 1. The number of anilines is 1. The Morgan fingerprint density at radius 2 is 2.15 bits per heavy atom. The minimum absolute atomic E-state index is 0.188. The quantitative estimate of drug-likeness (QED) is 0.851. The molecule has 8 heteroatoms. The van der Waals surface area contributed by atoms with E-state index in [0.29, 0.717) is 24.7 Å². The van der Waals surface area contributed by atoms with Crippen molar-refractivity contribution in [3.05, 3.63) is 18.3 Å². The Balaban J connectivity index is 1.56. The van der Waals surface area contributed by atoms with Gasteiger partial charge in [-0.15, -0.1) is 0 Å². The topological polar surface area (TPSA) is 88.6 Å². The molecule has 2 fully saturated rings. The lowest BCUT2D eigenvalue weighted by Crippen LogP contribution is -2.69. The molecule has 1 N–H and O–H groups in total. The Morgan fingerprint density at radius 3 is 2.75 bits per heavy atom. The third-order valence-electron chi connectivity index (χ3n) is 3.59. The number of amides is 2. The predicted molar refractivity (Wildman–Crippen MR) is 72.5 cm³/mol. The van der Waals surface area contributed by atoms with E-state index in [-0.39, 0.29) is 23.0 Å². The van der Waals surface area contributed by atoms with Gasteiger partial charge in [-0.2, -0.15) is 0 Å². The van der Waals surface area contributed by atoms with Gasteiger partial charge in [-0.25, -0.2) is 18.2 Å². The zero-order valence-electron chi connectivity index (χ0n) is 11.0. The zero-order valence-corrected chi connectivity index (χ0v) is 11.8. The monoisotopic (exact) mass is 297 g/mol. The van der Waals surface area contributed by atoms with Crippen molar-refractivity contribution in [2.24, 2.45) is 5.41 Å². The Kier molecular flexibility index (Phi) is 2.86. The minimum atomic E-state index is -2.85. The highest BCUT2D eigenvalue weighted by Crippen LogP contribution is 2.41. The number of sulfone groups is 1. The van der Waals surface area contributed by atoms with Gasteiger partial charge < -0.3 is 15.0 Å². The second kappa shape index (κ2) is 4.34. The molecule has 3 rings (SSSR count). The summed E-state index contributed by atoms with van der Waals surface area (Å²) >= 11 is 0. The largest absolute Gasteiger partial charge is 0.481 e. The van der Waals surface area contributed by atoms with Crippen molar-refractivity contribution >= 4 is 21.6 Å². The fraction of sp³-hybridized carbons (Fsp3) is 0.500. The molecule has 0 aromatic carbocycles. The fourth-order valence-electron chi connectivity index (χ4n) is 2.78. The zero-order chi connectivity index (χ0) is 14.4. The first-order valence-corrected chi connectivity index (χ1v) is 8.00. The Hall–Kier alpha value is -1.83. The highest BCUT2D eigenvalue weighted by molar-refractivity contribution is 7.92. The van der Waals surface area contributed by atoms with Crippen LogP contribution >= 0.6 is 0 Å². The number of nitrogens with one attached hydrogen (secondary N) is 1. The lowest BCUT2D eigenvalue weighted by molar-refractivity contribution is 0.0618. The molecule has 2 saturated heterocycles. The number of methoxy groups -OCH3 is 1. The van der Waals surface area contributed by atoms with Gasteiger partial charge in [-0.3, -0.25) is 0 Å². The van der Waals surface area contributed by atoms with E-state index in [2.05, 4.69) is 10.3 Å². The molecule has 108 valence electrons. The molecule has 0 saturated carbocycles. The smallest absolute Gasteiger partial charge is 0.321 e. The van der Waals surface area contributed by atoms with Crippen LogP contribution in [0.4, 0.5) is 10.5 Å². The third kappa shape index (κ3) is 2.31. The molecular weight excluding hydrogens is 282 g/mol. The molecule has 0 bridgehead atoms. The lowest BCUT2D eigenvalue weighted by atomic mass is 9.83. The van der Waals surface area contributed by atoms with Crippen LogP contribution in [0.2, 0.25) is 0 Å².